The predicted octanol–water partition coefficient (Wildman–Crippen LogP) is 1.33. The fourth-order valence-corrected chi connectivity index (χ4v) is 2.50. The van der Waals surface area contributed by atoms with Gasteiger partial charge >= 0.3 is 5.97 Å². The Bertz CT molecular complexity index is 559. The summed E-state index contributed by atoms with van der Waals surface area (Å²) in [6.07, 6.45) is 0. The smallest absolute Gasteiger partial charge is 0.325 e. The molecule has 18 heavy (non-hydrogen) atoms. The van der Waals surface area contributed by atoms with Gasteiger partial charge in [-0.2, -0.15) is 0 Å². The summed E-state index contributed by atoms with van der Waals surface area (Å²) in [5.41, 5.74) is 6.38. The molecule has 0 amide bonds. The van der Waals surface area contributed by atoms with Crippen molar-refractivity contribution in [2.75, 3.05) is 17.6 Å². The van der Waals surface area contributed by atoms with Gasteiger partial charge in [-0.15, -0.1) is 0 Å². The number of benzene rings is 1. The highest BCUT2D eigenvalue weighted by molar-refractivity contribution is 9.10. The van der Waals surface area contributed by atoms with Crippen molar-refractivity contribution in [3.63, 3.8) is 0 Å². The van der Waals surface area contributed by atoms with Crippen molar-refractivity contribution in [3.8, 4) is 0 Å². The molecule has 0 aromatic heterocycles. The summed E-state index contributed by atoms with van der Waals surface area (Å²) in [4.78, 5) is 11.2. The lowest BCUT2D eigenvalue weighted by Gasteiger charge is -2.13. The third-order valence-corrected chi connectivity index (χ3v) is 4.59. The average molecular weight is 337 g/mol. The molecule has 0 aliphatic rings. The van der Waals surface area contributed by atoms with Crippen molar-refractivity contribution >= 4 is 43.3 Å². The average Bonchev–Trinajstić information content (AvgIpc) is 2.31. The first-order chi connectivity index (χ1) is 8.27. The maximum absolute atomic E-state index is 11.8. The number of anilines is 2. The predicted molar refractivity (Wildman–Crippen MR) is 72.6 cm³/mol. The maximum Gasteiger partial charge on any atom is 0.325 e. The van der Waals surface area contributed by atoms with Gasteiger partial charge in [-0.05, 0) is 41.1 Å². The largest absolute Gasteiger partial charge is 0.468 e. The number of carbonyl (C=O) groups excluding carboxylic acids is 1. The van der Waals surface area contributed by atoms with Crippen LogP contribution in [0.4, 0.5) is 11.4 Å². The Morgan fingerprint density at radius 2 is 2.11 bits per heavy atom. The van der Waals surface area contributed by atoms with Gasteiger partial charge in [-0.25, -0.2) is 8.42 Å². The summed E-state index contributed by atoms with van der Waals surface area (Å²) in [5.74, 6) is -0.822. The molecule has 0 fully saturated rings. The first-order valence-corrected chi connectivity index (χ1v) is 7.26. The number of halogens is 1. The molecule has 3 N–H and O–H groups in total. The highest BCUT2D eigenvalue weighted by Gasteiger charge is 2.28. The van der Waals surface area contributed by atoms with Crippen LogP contribution in [0.2, 0.25) is 0 Å². The summed E-state index contributed by atoms with van der Waals surface area (Å²) in [6.45, 7) is 1.25. The zero-order valence-electron chi connectivity index (χ0n) is 9.81. The molecule has 8 heteroatoms. The molecule has 0 heterocycles. The van der Waals surface area contributed by atoms with Gasteiger partial charge in [0, 0.05) is 15.8 Å². The Balaban J connectivity index is 2.95. The molecule has 0 saturated carbocycles. The van der Waals surface area contributed by atoms with E-state index in [1.807, 2.05) is 0 Å². The van der Waals surface area contributed by atoms with E-state index >= 15 is 0 Å². The lowest BCUT2D eigenvalue weighted by Crippen LogP contribution is -2.33. The van der Waals surface area contributed by atoms with E-state index in [1.54, 1.807) is 6.07 Å². The number of sulfonamides is 1. The van der Waals surface area contributed by atoms with Crippen molar-refractivity contribution in [1.82, 2.24) is 0 Å². The molecule has 6 nitrogen and oxygen atoms in total. The summed E-state index contributed by atoms with van der Waals surface area (Å²) in [5, 5.41) is -1.29. The van der Waals surface area contributed by atoms with Crippen LogP contribution in [-0.4, -0.2) is 26.7 Å². The van der Waals surface area contributed by atoms with Crippen molar-refractivity contribution in [3.05, 3.63) is 22.7 Å². The molecule has 1 aromatic rings. The van der Waals surface area contributed by atoms with Gasteiger partial charge in [0.1, 0.15) is 0 Å². The topological polar surface area (TPSA) is 98.5 Å². The molecule has 1 aromatic carbocycles. The Labute approximate surface area is 114 Å². The van der Waals surface area contributed by atoms with Crippen LogP contribution in [0.15, 0.2) is 22.7 Å². The summed E-state index contributed by atoms with van der Waals surface area (Å²) in [7, 11) is -2.71. The van der Waals surface area contributed by atoms with Crippen molar-refractivity contribution in [2.45, 2.75) is 12.2 Å². The van der Waals surface area contributed by atoms with Crippen molar-refractivity contribution < 1.29 is 17.9 Å². The zero-order chi connectivity index (χ0) is 13.9. The fraction of sp³-hybridized carbons (Fsp3) is 0.300. The normalized spacial score (nSPS) is 12.8. The van der Waals surface area contributed by atoms with E-state index in [0.717, 1.165) is 7.11 Å². The Kier molecular flexibility index (Phi) is 4.58. The van der Waals surface area contributed by atoms with Gasteiger partial charge in [0.05, 0.1) is 7.11 Å². The molecule has 1 unspecified atom stereocenters. The third kappa shape index (κ3) is 3.36. The third-order valence-electron chi connectivity index (χ3n) is 2.26. The maximum atomic E-state index is 11.8. The number of nitrogens with two attached hydrogens (primary N) is 1. The Hall–Kier alpha value is -1.28. The number of hydrogen-bond donors (Lipinski definition) is 2. The summed E-state index contributed by atoms with van der Waals surface area (Å²) >= 11 is 3.18. The van der Waals surface area contributed by atoms with E-state index in [-0.39, 0.29) is 0 Å². The van der Waals surface area contributed by atoms with Crippen LogP contribution in [0.3, 0.4) is 0 Å². The van der Waals surface area contributed by atoms with Crippen LogP contribution in [0, 0.1) is 0 Å². The van der Waals surface area contributed by atoms with E-state index in [2.05, 4.69) is 25.4 Å². The Morgan fingerprint density at radius 1 is 1.50 bits per heavy atom. The Morgan fingerprint density at radius 3 is 2.61 bits per heavy atom. The second-order valence-corrected chi connectivity index (χ2v) is 6.40. The van der Waals surface area contributed by atoms with E-state index in [0.29, 0.717) is 15.8 Å². The van der Waals surface area contributed by atoms with E-state index in [4.69, 9.17) is 5.73 Å². The van der Waals surface area contributed by atoms with Crippen LogP contribution >= 0.6 is 15.9 Å². The standard InChI is InChI=1S/C10H13BrN2O4S/c1-6(10(14)17-2)18(15,16)13-7-3-4-9(12)8(11)5-7/h3-6,13H,12H2,1-2H3. The van der Waals surface area contributed by atoms with E-state index in [1.165, 1.54) is 19.1 Å². The summed E-state index contributed by atoms with van der Waals surface area (Å²) in [6, 6.07) is 4.56. The number of carbonyl (C=O) groups is 1. The van der Waals surface area contributed by atoms with Crippen LogP contribution in [0.25, 0.3) is 0 Å². The zero-order valence-corrected chi connectivity index (χ0v) is 12.2. The molecule has 0 radical (unpaired) electrons. The molecule has 1 rings (SSSR count). The number of nitrogen functional groups attached to an aromatic ring is 1. The van der Waals surface area contributed by atoms with Gasteiger partial charge in [-0.1, -0.05) is 0 Å². The summed E-state index contributed by atoms with van der Waals surface area (Å²) < 4.78 is 30.9. The number of rotatable bonds is 4. The molecule has 0 saturated heterocycles. The highest BCUT2D eigenvalue weighted by Crippen LogP contribution is 2.24. The SMILES string of the molecule is COC(=O)C(C)S(=O)(=O)Nc1ccc(N)c(Br)c1. The van der Waals surface area contributed by atoms with Crippen LogP contribution in [0.5, 0.6) is 0 Å². The second kappa shape index (κ2) is 5.57. The quantitative estimate of drug-likeness (QED) is 0.638. The number of nitrogens with one attached hydrogen (secondary N) is 1. The number of hydrogen-bond acceptors (Lipinski definition) is 5. The van der Waals surface area contributed by atoms with Crippen LogP contribution < -0.4 is 10.5 Å². The van der Waals surface area contributed by atoms with Crippen LogP contribution in [0.1, 0.15) is 6.92 Å². The van der Waals surface area contributed by atoms with Gasteiger partial charge in [0.25, 0.3) is 0 Å². The molecule has 0 bridgehead atoms. The molecule has 1 atom stereocenters. The molecule has 0 aliphatic heterocycles. The van der Waals surface area contributed by atoms with Crippen molar-refractivity contribution in [2.24, 2.45) is 0 Å². The lowest BCUT2D eigenvalue weighted by atomic mass is 10.3. The van der Waals surface area contributed by atoms with Crippen LogP contribution in [-0.2, 0) is 19.6 Å². The second-order valence-electron chi connectivity index (χ2n) is 3.55. The molecular formula is C10H13BrN2O4S. The molecule has 0 spiro atoms. The molecule has 100 valence electrons. The number of ether oxygens (including phenoxy) is 1. The number of methoxy groups -OCH3 is 1. The molecular weight excluding hydrogens is 324 g/mol. The van der Waals surface area contributed by atoms with Gasteiger partial charge < -0.3 is 10.5 Å². The highest BCUT2D eigenvalue weighted by atomic mass is 79.9. The fourth-order valence-electron chi connectivity index (χ4n) is 1.14. The first kappa shape index (κ1) is 14.8. The van der Waals surface area contributed by atoms with Gasteiger partial charge in [0.2, 0.25) is 10.0 Å². The first-order valence-electron chi connectivity index (χ1n) is 4.92. The number of esters is 1. The molecule has 0 aliphatic carbocycles. The minimum Gasteiger partial charge on any atom is -0.468 e. The lowest BCUT2D eigenvalue weighted by molar-refractivity contribution is -0.139. The minimum absolute atomic E-state index is 0.312. The monoisotopic (exact) mass is 336 g/mol. The minimum atomic E-state index is -3.84. The van der Waals surface area contributed by atoms with E-state index in [9.17, 15) is 13.2 Å². The van der Waals surface area contributed by atoms with Crippen molar-refractivity contribution in [1.29, 1.82) is 0 Å². The van der Waals surface area contributed by atoms with E-state index < -0.39 is 21.2 Å². The van der Waals surface area contributed by atoms with Gasteiger partial charge in [0.15, 0.2) is 5.25 Å². The van der Waals surface area contributed by atoms with Gasteiger partial charge in [-0.3, -0.25) is 9.52 Å².